The highest BCUT2D eigenvalue weighted by Crippen LogP contribution is 2.09. The molecule has 2 rings (SSSR count). The van der Waals surface area contributed by atoms with Gasteiger partial charge in [0.05, 0.1) is 12.4 Å². The molecule has 20 heavy (non-hydrogen) atoms. The summed E-state index contributed by atoms with van der Waals surface area (Å²) in [5.74, 6) is 1.25. The molecular formula is C14H23N5O. The minimum absolute atomic E-state index is 0.0289. The molecule has 1 aromatic heterocycles. The number of nitrogens with zero attached hydrogens (tertiary/aromatic N) is 4. The largest absolute Gasteiger partial charge is 0.372 e. The van der Waals surface area contributed by atoms with E-state index < -0.39 is 0 Å². The lowest BCUT2D eigenvalue weighted by Crippen LogP contribution is -2.49. The first kappa shape index (κ1) is 14.7. The lowest BCUT2D eigenvalue weighted by Gasteiger charge is -2.35. The fourth-order valence-electron chi connectivity index (χ4n) is 2.40. The number of rotatable bonds is 4. The topological polar surface area (TPSA) is 61.4 Å². The third-order valence-electron chi connectivity index (χ3n) is 3.39. The minimum atomic E-state index is -0.0289. The Labute approximate surface area is 120 Å². The van der Waals surface area contributed by atoms with E-state index in [1.807, 2.05) is 4.90 Å². The van der Waals surface area contributed by atoms with Crippen molar-refractivity contribution in [2.45, 2.75) is 13.8 Å². The Kier molecular flexibility index (Phi) is 4.89. The van der Waals surface area contributed by atoms with Crippen LogP contribution in [0.25, 0.3) is 0 Å². The van der Waals surface area contributed by atoms with Gasteiger partial charge in [-0.1, -0.05) is 13.8 Å². The van der Waals surface area contributed by atoms with Gasteiger partial charge in [-0.25, -0.2) is 4.98 Å². The van der Waals surface area contributed by atoms with Gasteiger partial charge in [0.2, 0.25) is 0 Å². The number of carbonyl (C=O) groups excluding carboxylic acids is 1. The Hall–Kier alpha value is -1.69. The molecule has 0 aromatic carbocycles. The van der Waals surface area contributed by atoms with Crippen molar-refractivity contribution in [1.29, 1.82) is 0 Å². The first-order valence-corrected chi connectivity index (χ1v) is 7.11. The molecular weight excluding hydrogens is 254 g/mol. The molecule has 0 aliphatic carbocycles. The molecule has 1 saturated heterocycles. The molecule has 1 N–H and O–H groups in total. The van der Waals surface area contributed by atoms with E-state index in [2.05, 4.69) is 34.0 Å². The van der Waals surface area contributed by atoms with E-state index in [-0.39, 0.29) is 5.91 Å². The Morgan fingerprint density at radius 2 is 2.00 bits per heavy atom. The smallest absolute Gasteiger partial charge is 0.274 e. The van der Waals surface area contributed by atoms with Crippen LogP contribution >= 0.6 is 0 Å². The van der Waals surface area contributed by atoms with Gasteiger partial charge in [-0.2, -0.15) is 0 Å². The van der Waals surface area contributed by atoms with E-state index in [1.165, 1.54) is 6.20 Å². The summed E-state index contributed by atoms with van der Waals surface area (Å²) in [5, 5.41) is 2.90. The maximum absolute atomic E-state index is 12.4. The van der Waals surface area contributed by atoms with E-state index in [1.54, 1.807) is 13.2 Å². The van der Waals surface area contributed by atoms with Gasteiger partial charge in [0.1, 0.15) is 11.5 Å². The van der Waals surface area contributed by atoms with Crippen molar-refractivity contribution in [2.75, 3.05) is 45.1 Å². The summed E-state index contributed by atoms with van der Waals surface area (Å²) in [5.41, 5.74) is 0.411. The molecule has 0 spiro atoms. The number of aromatic nitrogens is 2. The number of piperazine rings is 1. The van der Waals surface area contributed by atoms with Crippen LogP contribution in [0, 0.1) is 5.92 Å². The highest BCUT2D eigenvalue weighted by Gasteiger charge is 2.23. The lowest BCUT2D eigenvalue weighted by atomic mass is 10.2. The van der Waals surface area contributed by atoms with Crippen LogP contribution in [0.1, 0.15) is 24.3 Å². The zero-order chi connectivity index (χ0) is 14.5. The fourth-order valence-corrected chi connectivity index (χ4v) is 2.40. The molecule has 0 atom stereocenters. The number of anilines is 1. The number of nitrogens with one attached hydrogen (secondary N) is 1. The summed E-state index contributed by atoms with van der Waals surface area (Å²) in [7, 11) is 1.77. The SMILES string of the molecule is CNc1cncc(C(=O)N2CCN(CC(C)C)CC2)n1. The molecule has 0 bridgehead atoms. The zero-order valence-electron chi connectivity index (χ0n) is 12.5. The van der Waals surface area contributed by atoms with Crippen molar-refractivity contribution >= 4 is 11.7 Å². The van der Waals surface area contributed by atoms with E-state index in [0.29, 0.717) is 17.4 Å². The molecule has 6 heteroatoms. The monoisotopic (exact) mass is 277 g/mol. The van der Waals surface area contributed by atoms with E-state index >= 15 is 0 Å². The number of carbonyl (C=O) groups is 1. The quantitative estimate of drug-likeness (QED) is 0.887. The molecule has 1 fully saturated rings. The van der Waals surface area contributed by atoms with Crippen molar-refractivity contribution in [1.82, 2.24) is 19.8 Å². The second-order valence-electron chi connectivity index (χ2n) is 5.53. The van der Waals surface area contributed by atoms with E-state index in [9.17, 15) is 4.79 Å². The van der Waals surface area contributed by atoms with Gasteiger partial charge in [-0.15, -0.1) is 0 Å². The second-order valence-corrected chi connectivity index (χ2v) is 5.53. The normalized spacial score (nSPS) is 16.5. The van der Waals surface area contributed by atoms with Gasteiger partial charge in [-0.3, -0.25) is 14.7 Å². The molecule has 0 radical (unpaired) electrons. The van der Waals surface area contributed by atoms with Gasteiger partial charge in [0.25, 0.3) is 5.91 Å². The van der Waals surface area contributed by atoms with Crippen LogP contribution in [0.3, 0.4) is 0 Å². The zero-order valence-corrected chi connectivity index (χ0v) is 12.5. The summed E-state index contributed by atoms with van der Waals surface area (Å²) in [6.07, 6.45) is 3.14. The van der Waals surface area contributed by atoms with Gasteiger partial charge in [-0.05, 0) is 5.92 Å². The summed E-state index contributed by atoms with van der Waals surface area (Å²) in [6, 6.07) is 0. The number of hydrogen-bond acceptors (Lipinski definition) is 5. The van der Waals surface area contributed by atoms with E-state index in [4.69, 9.17) is 0 Å². The van der Waals surface area contributed by atoms with Crippen LogP contribution < -0.4 is 5.32 Å². The number of amides is 1. The molecule has 0 unspecified atom stereocenters. The Morgan fingerprint density at radius 3 is 2.60 bits per heavy atom. The third kappa shape index (κ3) is 3.66. The molecule has 1 aromatic rings. The molecule has 6 nitrogen and oxygen atoms in total. The second kappa shape index (κ2) is 6.65. The Bertz CT molecular complexity index is 455. The van der Waals surface area contributed by atoms with Gasteiger partial charge >= 0.3 is 0 Å². The molecule has 110 valence electrons. The fraction of sp³-hybridized carbons (Fsp3) is 0.643. The summed E-state index contributed by atoms with van der Waals surface area (Å²) in [4.78, 5) is 24.9. The summed E-state index contributed by atoms with van der Waals surface area (Å²) >= 11 is 0. The van der Waals surface area contributed by atoms with Crippen LogP contribution in [0.5, 0.6) is 0 Å². The first-order valence-electron chi connectivity index (χ1n) is 7.11. The highest BCUT2D eigenvalue weighted by atomic mass is 16.2. The standard InChI is InChI=1S/C14H23N5O/c1-11(2)10-18-4-6-19(7-5-18)14(20)12-8-16-9-13(15-3)17-12/h8-9,11H,4-7,10H2,1-3H3,(H,15,17). The van der Waals surface area contributed by atoms with Gasteiger partial charge in [0, 0.05) is 39.8 Å². The van der Waals surface area contributed by atoms with Crippen molar-refractivity contribution < 1.29 is 4.79 Å². The van der Waals surface area contributed by atoms with Crippen molar-refractivity contribution in [3.05, 3.63) is 18.1 Å². The summed E-state index contributed by atoms with van der Waals surface area (Å²) in [6.45, 7) is 8.92. The van der Waals surface area contributed by atoms with Crippen LogP contribution in [0.4, 0.5) is 5.82 Å². The Balaban J connectivity index is 1.94. The Morgan fingerprint density at radius 1 is 1.30 bits per heavy atom. The average Bonchev–Trinajstić information content (AvgIpc) is 2.47. The van der Waals surface area contributed by atoms with Crippen LogP contribution in [-0.2, 0) is 0 Å². The average molecular weight is 277 g/mol. The predicted molar refractivity (Wildman–Crippen MR) is 78.8 cm³/mol. The maximum Gasteiger partial charge on any atom is 0.274 e. The number of hydrogen-bond donors (Lipinski definition) is 1. The highest BCUT2D eigenvalue weighted by molar-refractivity contribution is 5.92. The maximum atomic E-state index is 12.4. The summed E-state index contributed by atoms with van der Waals surface area (Å²) < 4.78 is 0. The molecule has 1 aliphatic heterocycles. The molecule has 2 heterocycles. The van der Waals surface area contributed by atoms with Crippen LogP contribution in [0.15, 0.2) is 12.4 Å². The molecule has 0 saturated carbocycles. The molecule has 1 aliphatic rings. The first-order chi connectivity index (χ1) is 9.60. The van der Waals surface area contributed by atoms with Crippen LogP contribution in [-0.4, -0.2) is 65.4 Å². The van der Waals surface area contributed by atoms with Gasteiger partial charge < -0.3 is 10.2 Å². The van der Waals surface area contributed by atoms with Gasteiger partial charge in [0.15, 0.2) is 0 Å². The minimum Gasteiger partial charge on any atom is -0.372 e. The van der Waals surface area contributed by atoms with Crippen molar-refractivity contribution in [2.24, 2.45) is 5.92 Å². The van der Waals surface area contributed by atoms with Crippen molar-refractivity contribution in [3.8, 4) is 0 Å². The molecule has 1 amide bonds. The predicted octanol–water partition coefficient (Wildman–Crippen LogP) is 0.932. The van der Waals surface area contributed by atoms with Crippen LogP contribution in [0.2, 0.25) is 0 Å². The lowest BCUT2D eigenvalue weighted by molar-refractivity contribution is 0.0618. The van der Waals surface area contributed by atoms with E-state index in [0.717, 1.165) is 32.7 Å². The third-order valence-corrected chi connectivity index (χ3v) is 3.39. The van der Waals surface area contributed by atoms with Crippen molar-refractivity contribution in [3.63, 3.8) is 0 Å².